The van der Waals surface area contributed by atoms with E-state index in [1.54, 1.807) is 12.4 Å². The van der Waals surface area contributed by atoms with Crippen molar-refractivity contribution in [1.82, 2.24) is 20.2 Å². The number of carbonyl (C=O) groups excluding carboxylic acids is 1. The van der Waals surface area contributed by atoms with Crippen molar-refractivity contribution in [2.45, 2.75) is 32.4 Å². The molecule has 0 saturated carbocycles. The fourth-order valence-electron chi connectivity index (χ4n) is 2.41. The van der Waals surface area contributed by atoms with Crippen LogP contribution in [-0.4, -0.2) is 44.9 Å². The maximum atomic E-state index is 10.9. The quantitative estimate of drug-likeness (QED) is 0.806. The number of likely N-dealkylation sites (tertiary alicyclic amines) is 1. The highest BCUT2D eigenvalue weighted by Crippen LogP contribution is 2.29. The van der Waals surface area contributed by atoms with Crippen molar-refractivity contribution < 1.29 is 14.7 Å². The van der Waals surface area contributed by atoms with Gasteiger partial charge in [-0.1, -0.05) is 0 Å². The van der Waals surface area contributed by atoms with Crippen molar-refractivity contribution in [3.05, 3.63) is 23.8 Å². The monoisotopic (exact) mass is 278 g/mol. The first-order chi connectivity index (χ1) is 9.56. The number of carbonyl (C=O) groups is 2. The van der Waals surface area contributed by atoms with Gasteiger partial charge in [-0.15, -0.1) is 0 Å². The van der Waals surface area contributed by atoms with E-state index in [9.17, 15) is 9.59 Å². The van der Waals surface area contributed by atoms with Gasteiger partial charge in [-0.25, -0.2) is 0 Å². The summed E-state index contributed by atoms with van der Waals surface area (Å²) >= 11 is 0. The van der Waals surface area contributed by atoms with Gasteiger partial charge in [0.05, 0.1) is 42.9 Å². The summed E-state index contributed by atoms with van der Waals surface area (Å²) in [6.07, 6.45) is 5.11. The van der Waals surface area contributed by atoms with Crippen LogP contribution in [0.3, 0.4) is 0 Å². The van der Waals surface area contributed by atoms with Gasteiger partial charge in [0.2, 0.25) is 5.91 Å². The van der Waals surface area contributed by atoms with Gasteiger partial charge in [0.1, 0.15) is 0 Å². The molecule has 2 heterocycles. The third-order valence-electron chi connectivity index (χ3n) is 3.26. The third kappa shape index (κ3) is 3.74. The normalized spacial score (nSPS) is 18.9. The molecule has 1 atom stereocenters. The first-order valence-corrected chi connectivity index (χ1v) is 6.57. The second-order valence-electron chi connectivity index (χ2n) is 4.87. The zero-order chi connectivity index (χ0) is 14.5. The van der Waals surface area contributed by atoms with E-state index in [2.05, 4.69) is 15.3 Å². The maximum absolute atomic E-state index is 10.9. The number of carboxylic acids is 1. The minimum absolute atomic E-state index is 0.00382. The number of aliphatic carboxylic acids is 1. The Hall–Kier alpha value is -2.02. The number of carboxylic acid groups (broad SMARTS) is 1. The van der Waals surface area contributed by atoms with E-state index in [1.165, 1.54) is 6.92 Å². The summed E-state index contributed by atoms with van der Waals surface area (Å²) < 4.78 is 0. The molecule has 2 N–H and O–H groups in total. The summed E-state index contributed by atoms with van der Waals surface area (Å²) in [4.78, 5) is 32.3. The molecule has 7 heteroatoms. The Balaban J connectivity index is 2.09. The number of nitrogens with zero attached hydrogens (tertiary/aromatic N) is 3. The van der Waals surface area contributed by atoms with Crippen molar-refractivity contribution in [1.29, 1.82) is 0 Å². The predicted molar refractivity (Wildman–Crippen MR) is 70.7 cm³/mol. The Kier molecular flexibility index (Phi) is 4.62. The number of nitrogens with one attached hydrogen (secondary N) is 1. The Morgan fingerprint density at radius 1 is 1.50 bits per heavy atom. The Bertz CT molecular complexity index is 506. The van der Waals surface area contributed by atoms with E-state index >= 15 is 0 Å². The van der Waals surface area contributed by atoms with Crippen molar-refractivity contribution >= 4 is 11.9 Å². The van der Waals surface area contributed by atoms with Gasteiger partial charge in [0.25, 0.3) is 0 Å². The van der Waals surface area contributed by atoms with Crippen LogP contribution in [0.15, 0.2) is 12.4 Å². The van der Waals surface area contributed by atoms with Crippen LogP contribution < -0.4 is 5.32 Å². The molecule has 1 saturated heterocycles. The molecular weight excluding hydrogens is 260 g/mol. The molecule has 1 aliphatic heterocycles. The highest BCUT2D eigenvalue weighted by atomic mass is 16.4. The van der Waals surface area contributed by atoms with E-state index in [-0.39, 0.29) is 18.5 Å². The number of aromatic nitrogens is 2. The molecule has 0 radical (unpaired) electrons. The van der Waals surface area contributed by atoms with E-state index in [1.807, 2.05) is 4.90 Å². The van der Waals surface area contributed by atoms with Crippen LogP contribution in [0.1, 0.15) is 37.2 Å². The molecule has 20 heavy (non-hydrogen) atoms. The fraction of sp³-hybridized carbons (Fsp3) is 0.538. The van der Waals surface area contributed by atoms with Crippen molar-refractivity contribution in [2.75, 3.05) is 13.1 Å². The lowest BCUT2D eigenvalue weighted by Gasteiger charge is -2.22. The summed E-state index contributed by atoms with van der Waals surface area (Å²) in [5.74, 6) is -0.954. The average molecular weight is 278 g/mol. The minimum atomic E-state index is -0.834. The lowest BCUT2D eigenvalue weighted by Crippen LogP contribution is -2.30. The molecule has 1 aromatic rings. The number of hydrogen-bond acceptors (Lipinski definition) is 5. The first-order valence-electron chi connectivity index (χ1n) is 6.57. The van der Waals surface area contributed by atoms with Crippen LogP contribution in [0.2, 0.25) is 0 Å². The number of rotatable bonds is 5. The summed E-state index contributed by atoms with van der Waals surface area (Å²) in [6, 6.07) is -0.00382. The predicted octanol–water partition coefficient (Wildman–Crippen LogP) is 0.334. The SMILES string of the molecule is CC(=O)NCc1cncc(C2CCCN2CC(=O)O)n1. The molecular formula is C13H18N4O3. The summed E-state index contributed by atoms with van der Waals surface area (Å²) in [6.45, 7) is 2.56. The van der Waals surface area contributed by atoms with Crippen molar-refractivity contribution in [3.8, 4) is 0 Å². The van der Waals surface area contributed by atoms with Gasteiger partial charge in [0.15, 0.2) is 0 Å². The van der Waals surface area contributed by atoms with Crippen molar-refractivity contribution in [2.24, 2.45) is 0 Å². The topological polar surface area (TPSA) is 95.4 Å². The molecule has 1 fully saturated rings. The smallest absolute Gasteiger partial charge is 0.317 e. The van der Waals surface area contributed by atoms with E-state index in [4.69, 9.17) is 5.11 Å². The van der Waals surface area contributed by atoms with E-state index in [0.717, 1.165) is 25.1 Å². The van der Waals surface area contributed by atoms with Gasteiger partial charge >= 0.3 is 5.97 Å². The van der Waals surface area contributed by atoms with Gasteiger partial charge in [0, 0.05) is 6.92 Å². The second kappa shape index (κ2) is 6.42. The lowest BCUT2D eigenvalue weighted by atomic mass is 10.1. The molecule has 108 valence electrons. The molecule has 1 aromatic heterocycles. The van der Waals surface area contributed by atoms with Crippen LogP contribution in [0.25, 0.3) is 0 Å². The zero-order valence-electron chi connectivity index (χ0n) is 11.4. The number of hydrogen-bond donors (Lipinski definition) is 2. The first kappa shape index (κ1) is 14.4. The highest BCUT2D eigenvalue weighted by Gasteiger charge is 2.28. The van der Waals surface area contributed by atoms with Crippen LogP contribution in [0, 0.1) is 0 Å². The largest absolute Gasteiger partial charge is 0.480 e. The number of amides is 1. The van der Waals surface area contributed by atoms with Gasteiger partial charge in [-0.05, 0) is 19.4 Å². The molecule has 0 spiro atoms. The summed E-state index contributed by atoms with van der Waals surface area (Å²) in [5.41, 5.74) is 1.45. The molecule has 0 aromatic carbocycles. The van der Waals surface area contributed by atoms with E-state index < -0.39 is 5.97 Å². The highest BCUT2D eigenvalue weighted by molar-refractivity contribution is 5.72. The zero-order valence-corrected chi connectivity index (χ0v) is 11.4. The maximum Gasteiger partial charge on any atom is 0.317 e. The third-order valence-corrected chi connectivity index (χ3v) is 3.26. The van der Waals surface area contributed by atoms with Gasteiger partial charge in [-0.3, -0.25) is 24.5 Å². The molecule has 7 nitrogen and oxygen atoms in total. The molecule has 1 aliphatic rings. The van der Waals surface area contributed by atoms with Crippen LogP contribution >= 0.6 is 0 Å². The molecule has 0 aliphatic carbocycles. The van der Waals surface area contributed by atoms with Crippen LogP contribution in [-0.2, 0) is 16.1 Å². The summed E-state index contributed by atoms with van der Waals surface area (Å²) in [7, 11) is 0. The summed E-state index contributed by atoms with van der Waals surface area (Å²) in [5, 5.41) is 11.6. The Labute approximate surface area is 117 Å². The fourth-order valence-corrected chi connectivity index (χ4v) is 2.41. The van der Waals surface area contributed by atoms with Gasteiger partial charge in [-0.2, -0.15) is 0 Å². The molecule has 2 rings (SSSR count). The van der Waals surface area contributed by atoms with E-state index in [0.29, 0.717) is 12.2 Å². The molecule has 1 unspecified atom stereocenters. The van der Waals surface area contributed by atoms with Crippen LogP contribution in [0.4, 0.5) is 0 Å². The average Bonchev–Trinajstić information content (AvgIpc) is 2.84. The minimum Gasteiger partial charge on any atom is -0.480 e. The standard InChI is InChI=1S/C13H18N4O3/c1-9(18)15-6-10-5-14-7-11(16-10)12-3-2-4-17(12)8-13(19)20/h5,7,12H,2-4,6,8H2,1H3,(H,15,18)(H,19,20). The Morgan fingerprint density at radius 3 is 3.00 bits per heavy atom. The van der Waals surface area contributed by atoms with Crippen molar-refractivity contribution in [3.63, 3.8) is 0 Å². The molecule has 1 amide bonds. The Morgan fingerprint density at radius 2 is 2.30 bits per heavy atom. The lowest BCUT2D eigenvalue weighted by molar-refractivity contribution is -0.138. The van der Waals surface area contributed by atoms with Gasteiger partial charge < -0.3 is 10.4 Å². The van der Waals surface area contributed by atoms with Crippen LogP contribution in [0.5, 0.6) is 0 Å². The second-order valence-corrected chi connectivity index (χ2v) is 4.87. The molecule has 0 bridgehead atoms.